The Bertz CT molecular complexity index is 915. The van der Waals surface area contributed by atoms with Crippen molar-refractivity contribution in [1.82, 2.24) is 5.32 Å². The van der Waals surface area contributed by atoms with Gasteiger partial charge < -0.3 is 10.4 Å². The molecule has 0 radical (unpaired) electrons. The molecule has 1 aliphatic rings. The summed E-state index contributed by atoms with van der Waals surface area (Å²) in [7, 11) is 0. The number of hydrogen-bond acceptors (Lipinski definition) is 4. The predicted octanol–water partition coefficient (Wildman–Crippen LogP) is 3.89. The Kier molecular flexibility index (Phi) is 4.72. The van der Waals surface area contributed by atoms with E-state index in [9.17, 15) is 9.59 Å². The zero-order valence-electron chi connectivity index (χ0n) is 13.7. The molecule has 0 saturated carbocycles. The van der Waals surface area contributed by atoms with Crippen LogP contribution in [-0.2, 0) is 4.79 Å². The van der Waals surface area contributed by atoms with E-state index in [1.807, 2.05) is 44.2 Å². The van der Waals surface area contributed by atoms with Crippen LogP contribution in [0.25, 0.3) is 6.08 Å². The van der Waals surface area contributed by atoms with Gasteiger partial charge in [0.2, 0.25) is 0 Å². The van der Waals surface area contributed by atoms with Crippen molar-refractivity contribution in [3.8, 4) is 0 Å². The molecule has 0 spiro atoms. The Morgan fingerprint density at radius 2 is 1.88 bits per heavy atom. The molecular formula is C19H16N2O3S. The van der Waals surface area contributed by atoms with E-state index in [1.165, 1.54) is 23.9 Å². The van der Waals surface area contributed by atoms with E-state index in [-0.39, 0.29) is 11.5 Å². The summed E-state index contributed by atoms with van der Waals surface area (Å²) in [6.07, 6.45) is 1.81. The fraction of sp³-hybridized carbons (Fsp3) is 0.105. The van der Waals surface area contributed by atoms with Gasteiger partial charge in [0, 0.05) is 0 Å². The number of carbonyl (C=O) groups excluding carboxylic acids is 1. The van der Waals surface area contributed by atoms with Crippen LogP contribution in [0.3, 0.4) is 0 Å². The Morgan fingerprint density at radius 1 is 1.16 bits per heavy atom. The SMILES string of the molecule is Cc1ccc(/C=C2\SC(=Nc3cc(C(=O)O)ccc3C)NC2=O)cc1. The number of thioether (sulfide) groups is 1. The molecule has 0 bridgehead atoms. The van der Waals surface area contributed by atoms with E-state index in [1.54, 1.807) is 6.07 Å². The summed E-state index contributed by atoms with van der Waals surface area (Å²) in [4.78, 5) is 28.2. The number of aliphatic imine (C=N–C) groups is 1. The first-order valence-corrected chi connectivity index (χ1v) is 8.44. The minimum Gasteiger partial charge on any atom is -0.478 e. The molecule has 1 aliphatic heterocycles. The smallest absolute Gasteiger partial charge is 0.335 e. The van der Waals surface area contributed by atoms with Crippen LogP contribution in [0.4, 0.5) is 5.69 Å². The van der Waals surface area contributed by atoms with Crippen LogP contribution in [0.15, 0.2) is 52.4 Å². The molecule has 1 heterocycles. The summed E-state index contributed by atoms with van der Waals surface area (Å²) in [6, 6.07) is 12.6. The van der Waals surface area contributed by atoms with Gasteiger partial charge in [-0.05, 0) is 54.9 Å². The highest BCUT2D eigenvalue weighted by Crippen LogP contribution is 2.29. The van der Waals surface area contributed by atoms with Crippen molar-refractivity contribution in [3.05, 3.63) is 69.6 Å². The number of hydrogen-bond donors (Lipinski definition) is 2. The van der Waals surface area contributed by atoms with Crippen molar-refractivity contribution in [2.45, 2.75) is 13.8 Å². The molecule has 2 aromatic carbocycles. The van der Waals surface area contributed by atoms with Gasteiger partial charge in [0.05, 0.1) is 16.2 Å². The molecule has 0 aromatic heterocycles. The molecule has 0 atom stereocenters. The first kappa shape index (κ1) is 17.0. The molecule has 0 unspecified atom stereocenters. The summed E-state index contributed by atoms with van der Waals surface area (Å²) in [6.45, 7) is 3.85. The zero-order valence-corrected chi connectivity index (χ0v) is 14.6. The maximum absolute atomic E-state index is 12.1. The van der Waals surface area contributed by atoms with E-state index in [4.69, 9.17) is 5.11 Å². The third-order valence-corrected chi connectivity index (χ3v) is 4.61. The quantitative estimate of drug-likeness (QED) is 0.821. The standard InChI is InChI=1S/C19H16N2O3S/c1-11-3-6-13(7-4-11)9-16-17(22)21-19(25-16)20-15-10-14(18(23)24)8-5-12(15)2/h3-10H,1-2H3,(H,23,24)(H,20,21,22)/b16-9-. The average Bonchev–Trinajstić information content (AvgIpc) is 2.91. The predicted molar refractivity (Wildman–Crippen MR) is 100 cm³/mol. The number of carbonyl (C=O) groups is 2. The number of rotatable bonds is 3. The van der Waals surface area contributed by atoms with E-state index < -0.39 is 5.97 Å². The lowest BCUT2D eigenvalue weighted by atomic mass is 10.1. The van der Waals surface area contributed by atoms with E-state index in [0.29, 0.717) is 15.8 Å². The number of carboxylic acid groups (broad SMARTS) is 1. The Hall–Kier alpha value is -2.86. The number of aromatic carboxylic acids is 1. The monoisotopic (exact) mass is 352 g/mol. The highest BCUT2D eigenvalue weighted by Gasteiger charge is 2.24. The van der Waals surface area contributed by atoms with Gasteiger partial charge in [-0.2, -0.15) is 0 Å². The molecule has 2 N–H and O–H groups in total. The maximum Gasteiger partial charge on any atom is 0.335 e. The van der Waals surface area contributed by atoms with Crippen LogP contribution >= 0.6 is 11.8 Å². The van der Waals surface area contributed by atoms with Crippen molar-refractivity contribution in [1.29, 1.82) is 0 Å². The van der Waals surface area contributed by atoms with Crippen LogP contribution in [0.5, 0.6) is 0 Å². The number of nitrogens with one attached hydrogen (secondary N) is 1. The molecule has 1 fully saturated rings. The zero-order chi connectivity index (χ0) is 18.0. The van der Waals surface area contributed by atoms with Crippen molar-refractivity contribution < 1.29 is 14.7 Å². The largest absolute Gasteiger partial charge is 0.478 e. The fourth-order valence-electron chi connectivity index (χ4n) is 2.27. The average molecular weight is 352 g/mol. The van der Waals surface area contributed by atoms with E-state index >= 15 is 0 Å². The first-order valence-electron chi connectivity index (χ1n) is 7.62. The van der Waals surface area contributed by atoms with Crippen LogP contribution in [0.1, 0.15) is 27.0 Å². The van der Waals surface area contributed by atoms with Gasteiger partial charge in [0.1, 0.15) is 0 Å². The lowest BCUT2D eigenvalue weighted by molar-refractivity contribution is -0.115. The molecule has 3 rings (SSSR count). The Balaban J connectivity index is 1.87. The molecule has 25 heavy (non-hydrogen) atoms. The molecule has 2 aromatic rings. The van der Waals surface area contributed by atoms with Gasteiger partial charge in [-0.25, -0.2) is 9.79 Å². The summed E-state index contributed by atoms with van der Waals surface area (Å²) < 4.78 is 0. The number of aryl methyl sites for hydroxylation is 2. The molecule has 6 heteroatoms. The van der Waals surface area contributed by atoms with Gasteiger partial charge in [-0.3, -0.25) is 4.79 Å². The molecule has 0 aliphatic carbocycles. The topological polar surface area (TPSA) is 78.8 Å². The second-order valence-corrected chi connectivity index (χ2v) is 6.73. The van der Waals surface area contributed by atoms with Gasteiger partial charge in [0.25, 0.3) is 5.91 Å². The van der Waals surface area contributed by atoms with Crippen molar-refractivity contribution >= 4 is 40.6 Å². The first-order chi connectivity index (χ1) is 11.9. The fourth-order valence-corrected chi connectivity index (χ4v) is 3.10. The summed E-state index contributed by atoms with van der Waals surface area (Å²) in [5.41, 5.74) is 3.62. The lowest BCUT2D eigenvalue weighted by Crippen LogP contribution is -2.19. The highest BCUT2D eigenvalue weighted by molar-refractivity contribution is 8.18. The van der Waals surface area contributed by atoms with E-state index in [2.05, 4.69) is 10.3 Å². The number of benzene rings is 2. The molecule has 126 valence electrons. The minimum absolute atomic E-state index is 0.162. The summed E-state index contributed by atoms with van der Waals surface area (Å²) >= 11 is 1.24. The summed E-state index contributed by atoms with van der Waals surface area (Å²) in [5.74, 6) is -1.22. The Labute approximate surface area is 149 Å². The van der Waals surface area contributed by atoms with Crippen molar-refractivity contribution in [2.24, 2.45) is 4.99 Å². The third kappa shape index (κ3) is 3.97. The molecular weight excluding hydrogens is 336 g/mol. The molecule has 1 saturated heterocycles. The van der Waals surface area contributed by atoms with Gasteiger partial charge in [-0.1, -0.05) is 35.9 Å². The normalized spacial score (nSPS) is 17.1. The second-order valence-electron chi connectivity index (χ2n) is 5.70. The van der Waals surface area contributed by atoms with Crippen molar-refractivity contribution in [3.63, 3.8) is 0 Å². The van der Waals surface area contributed by atoms with Gasteiger partial charge in [-0.15, -0.1) is 0 Å². The van der Waals surface area contributed by atoms with Crippen LogP contribution < -0.4 is 5.32 Å². The molecule has 1 amide bonds. The van der Waals surface area contributed by atoms with Crippen LogP contribution in [0, 0.1) is 13.8 Å². The maximum atomic E-state index is 12.1. The third-order valence-electron chi connectivity index (χ3n) is 3.70. The minimum atomic E-state index is -1.01. The summed E-state index contributed by atoms with van der Waals surface area (Å²) in [5, 5.41) is 12.3. The van der Waals surface area contributed by atoms with Crippen molar-refractivity contribution in [2.75, 3.05) is 0 Å². The molecule has 5 nitrogen and oxygen atoms in total. The van der Waals surface area contributed by atoms with Crippen LogP contribution in [0.2, 0.25) is 0 Å². The highest BCUT2D eigenvalue weighted by atomic mass is 32.2. The van der Waals surface area contributed by atoms with Gasteiger partial charge >= 0.3 is 5.97 Å². The van der Waals surface area contributed by atoms with Crippen LogP contribution in [-0.4, -0.2) is 22.2 Å². The Morgan fingerprint density at radius 3 is 2.56 bits per heavy atom. The lowest BCUT2D eigenvalue weighted by Gasteiger charge is -2.03. The number of nitrogens with zero attached hydrogens (tertiary/aromatic N) is 1. The van der Waals surface area contributed by atoms with E-state index in [0.717, 1.165) is 16.7 Å². The van der Waals surface area contributed by atoms with Gasteiger partial charge in [0.15, 0.2) is 5.17 Å². The number of amidine groups is 1. The number of carboxylic acids is 1. The number of amides is 1. The second kappa shape index (κ2) is 6.94.